The smallest absolute Gasteiger partial charge is 0.277 e. The van der Waals surface area contributed by atoms with Gasteiger partial charge in [-0.1, -0.05) is 29.5 Å². The third kappa shape index (κ3) is 4.54. The molecule has 7 heteroatoms. The van der Waals surface area contributed by atoms with Crippen LogP contribution in [0.5, 0.6) is 5.75 Å². The van der Waals surface area contributed by atoms with Crippen molar-refractivity contribution < 1.29 is 13.9 Å². The van der Waals surface area contributed by atoms with Crippen LogP contribution in [0.4, 0.5) is 5.69 Å². The number of methoxy groups -OCH3 is 1. The van der Waals surface area contributed by atoms with Crippen molar-refractivity contribution >= 4 is 23.4 Å². The minimum absolute atomic E-state index is 0.107. The fourth-order valence-corrected chi connectivity index (χ4v) is 3.60. The number of rotatable bonds is 6. The first-order valence-corrected chi connectivity index (χ1v) is 9.78. The highest BCUT2D eigenvalue weighted by Gasteiger charge is 2.20. The monoisotopic (exact) mass is 397 g/mol. The summed E-state index contributed by atoms with van der Waals surface area (Å²) in [6, 6.07) is 11.5. The van der Waals surface area contributed by atoms with Gasteiger partial charge in [0.25, 0.3) is 5.22 Å². The minimum Gasteiger partial charge on any atom is -0.497 e. The van der Waals surface area contributed by atoms with Gasteiger partial charge in [-0.05, 0) is 63.1 Å². The number of carbonyl (C=O) groups excluding carboxylic acids is 1. The number of thioether (sulfide) groups is 1. The van der Waals surface area contributed by atoms with Crippen LogP contribution in [0.15, 0.2) is 46.0 Å². The Kier molecular flexibility index (Phi) is 6.04. The first kappa shape index (κ1) is 19.9. The predicted molar refractivity (Wildman–Crippen MR) is 111 cm³/mol. The topological polar surface area (TPSA) is 77.2 Å². The lowest BCUT2D eigenvalue weighted by atomic mass is 10.1. The zero-order chi connectivity index (χ0) is 20.3. The lowest BCUT2D eigenvalue weighted by Crippen LogP contribution is -2.23. The van der Waals surface area contributed by atoms with Gasteiger partial charge < -0.3 is 14.5 Å². The maximum Gasteiger partial charge on any atom is 0.277 e. The average Bonchev–Trinajstić information content (AvgIpc) is 3.13. The first-order chi connectivity index (χ1) is 13.4. The molecule has 1 aromatic heterocycles. The van der Waals surface area contributed by atoms with Crippen LogP contribution in [0.3, 0.4) is 0 Å². The number of amides is 1. The highest BCUT2D eigenvalue weighted by Crippen LogP contribution is 2.28. The van der Waals surface area contributed by atoms with Gasteiger partial charge in [0.1, 0.15) is 5.75 Å². The lowest BCUT2D eigenvalue weighted by molar-refractivity contribution is -0.115. The number of aryl methyl sites for hydroxylation is 3. The van der Waals surface area contributed by atoms with Crippen molar-refractivity contribution in [2.24, 2.45) is 0 Å². The highest BCUT2D eigenvalue weighted by molar-refractivity contribution is 8.00. The van der Waals surface area contributed by atoms with Crippen LogP contribution in [0.25, 0.3) is 11.5 Å². The van der Waals surface area contributed by atoms with Crippen LogP contribution in [0.2, 0.25) is 0 Å². The average molecular weight is 398 g/mol. The van der Waals surface area contributed by atoms with Crippen LogP contribution in [-0.4, -0.2) is 28.5 Å². The van der Waals surface area contributed by atoms with Crippen molar-refractivity contribution in [1.82, 2.24) is 10.2 Å². The van der Waals surface area contributed by atoms with E-state index in [-0.39, 0.29) is 11.2 Å². The highest BCUT2D eigenvalue weighted by atomic mass is 32.2. The zero-order valence-corrected chi connectivity index (χ0v) is 17.4. The van der Waals surface area contributed by atoms with Crippen LogP contribution >= 0.6 is 11.8 Å². The number of anilines is 1. The Bertz CT molecular complexity index is 960. The molecular formula is C21H23N3O3S. The molecular weight excluding hydrogens is 374 g/mol. The molecule has 6 nitrogen and oxygen atoms in total. The Hall–Kier alpha value is -2.80. The third-order valence-electron chi connectivity index (χ3n) is 4.32. The molecule has 0 fully saturated rings. The standard InChI is InChI=1S/C21H23N3O3S/c1-12-10-13(2)18(14(3)11-12)22-19(25)15(4)28-21-24-23-20(27-21)16-6-8-17(26-5)9-7-16/h6-11,15H,1-5H3,(H,22,25)/t15-/m1/s1. The molecule has 0 spiro atoms. The van der Waals surface area contributed by atoms with E-state index in [0.29, 0.717) is 11.1 Å². The number of aromatic nitrogens is 2. The molecule has 2 aromatic carbocycles. The van der Waals surface area contributed by atoms with Crippen LogP contribution in [-0.2, 0) is 4.79 Å². The Morgan fingerprint density at radius 1 is 1.11 bits per heavy atom. The number of nitrogens with one attached hydrogen (secondary N) is 1. The second-order valence-electron chi connectivity index (χ2n) is 6.62. The number of carbonyl (C=O) groups is 1. The molecule has 0 aliphatic heterocycles. The maximum atomic E-state index is 12.6. The van der Waals surface area contributed by atoms with Gasteiger partial charge in [-0.3, -0.25) is 4.79 Å². The van der Waals surface area contributed by atoms with E-state index in [1.54, 1.807) is 7.11 Å². The molecule has 28 heavy (non-hydrogen) atoms. The van der Waals surface area contributed by atoms with Crippen molar-refractivity contribution in [2.45, 2.75) is 38.2 Å². The molecule has 1 heterocycles. The third-order valence-corrected chi connectivity index (χ3v) is 5.25. The summed E-state index contributed by atoms with van der Waals surface area (Å²) in [5.74, 6) is 1.05. The van der Waals surface area contributed by atoms with Gasteiger partial charge in [0.2, 0.25) is 11.8 Å². The second-order valence-corrected chi connectivity index (χ2v) is 7.92. The van der Waals surface area contributed by atoms with E-state index in [0.717, 1.165) is 28.1 Å². The molecule has 3 aromatic rings. The molecule has 1 atom stereocenters. The maximum absolute atomic E-state index is 12.6. The molecule has 0 aliphatic carbocycles. The Labute approximate surface area is 168 Å². The zero-order valence-electron chi connectivity index (χ0n) is 16.6. The number of nitrogens with zero attached hydrogens (tertiary/aromatic N) is 2. The second kappa shape index (κ2) is 8.48. The molecule has 1 N–H and O–H groups in total. The number of benzene rings is 2. The summed E-state index contributed by atoms with van der Waals surface area (Å²) in [5, 5.41) is 11.1. The molecule has 1 amide bonds. The number of hydrogen-bond acceptors (Lipinski definition) is 6. The van der Waals surface area contributed by atoms with E-state index < -0.39 is 0 Å². The van der Waals surface area contributed by atoms with Gasteiger partial charge in [-0.25, -0.2) is 0 Å². The summed E-state index contributed by atoms with van der Waals surface area (Å²) in [4.78, 5) is 12.6. The van der Waals surface area contributed by atoms with Crippen LogP contribution in [0.1, 0.15) is 23.6 Å². The quantitative estimate of drug-likeness (QED) is 0.603. The molecule has 0 radical (unpaired) electrons. The predicted octanol–water partition coefficient (Wildman–Crippen LogP) is 4.79. The molecule has 0 unspecified atom stereocenters. The summed E-state index contributed by atoms with van der Waals surface area (Å²) in [5.41, 5.74) is 4.91. The van der Waals surface area contributed by atoms with Crippen molar-refractivity contribution in [3.63, 3.8) is 0 Å². The van der Waals surface area contributed by atoms with E-state index in [4.69, 9.17) is 9.15 Å². The van der Waals surface area contributed by atoms with E-state index in [9.17, 15) is 4.79 Å². The normalized spacial score (nSPS) is 11.9. The van der Waals surface area contributed by atoms with Gasteiger partial charge in [0.15, 0.2) is 0 Å². The van der Waals surface area contributed by atoms with Gasteiger partial charge in [0.05, 0.1) is 12.4 Å². The van der Waals surface area contributed by atoms with E-state index in [1.807, 2.05) is 52.0 Å². The van der Waals surface area contributed by atoms with Gasteiger partial charge in [-0.2, -0.15) is 0 Å². The molecule has 0 bridgehead atoms. The summed E-state index contributed by atoms with van der Waals surface area (Å²) in [6.45, 7) is 7.84. The Morgan fingerprint density at radius 3 is 2.36 bits per heavy atom. The fraction of sp³-hybridized carbons (Fsp3) is 0.286. The summed E-state index contributed by atoms with van der Waals surface area (Å²) < 4.78 is 10.8. The molecule has 0 saturated carbocycles. The fourth-order valence-electron chi connectivity index (χ4n) is 2.91. The largest absolute Gasteiger partial charge is 0.497 e. The van der Waals surface area contributed by atoms with Crippen molar-refractivity contribution in [3.05, 3.63) is 53.1 Å². The van der Waals surface area contributed by atoms with Crippen molar-refractivity contribution in [3.8, 4) is 17.2 Å². The Balaban J connectivity index is 1.67. The SMILES string of the molecule is COc1ccc(-c2nnc(S[C@H](C)C(=O)Nc3c(C)cc(C)cc3C)o2)cc1. The van der Waals surface area contributed by atoms with Crippen molar-refractivity contribution in [2.75, 3.05) is 12.4 Å². The molecule has 146 valence electrons. The summed E-state index contributed by atoms with van der Waals surface area (Å²) >= 11 is 1.23. The lowest BCUT2D eigenvalue weighted by Gasteiger charge is -2.15. The molecule has 3 rings (SSSR count). The summed E-state index contributed by atoms with van der Waals surface area (Å²) in [7, 11) is 1.61. The van der Waals surface area contributed by atoms with Crippen LogP contribution < -0.4 is 10.1 Å². The van der Waals surface area contributed by atoms with Gasteiger partial charge in [-0.15, -0.1) is 10.2 Å². The minimum atomic E-state index is -0.385. The first-order valence-electron chi connectivity index (χ1n) is 8.90. The van der Waals surface area contributed by atoms with E-state index >= 15 is 0 Å². The molecule has 0 aliphatic rings. The number of hydrogen-bond donors (Lipinski definition) is 1. The number of ether oxygens (including phenoxy) is 1. The summed E-state index contributed by atoms with van der Waals surface area (Å²) in [6.07, 6.45) is 0. The van der Waals surface area contributed by atoms with Crippen molar-refractivity contribution in [1.29, 1.82) is 0 Å². The van der Waals surface area contributed by atoms with E-state index in [1.165, 1.54) is 17.3 Å². The van der Waals surface area contributed by atoms with Crippen LogP contribution in [0, 0.1) is 20.8 Å². The Morgan fingerprint density at radius 2 is 1.75 bits per heavy atom. The molecule has 0 saturated heterocycles. The van der Waals surface area contributed by atoms with E-state index in [2.05, 4.69) is 27.6 Å². The van der Waals surface area contributed by atoms with Gasteiger partial charge in [0, 0.05) is 11.3 Å². The van der Waals surface area contributed by atoms with Gasteiger partial charge >= 0.3 is 0 Å².